The number of benzene rings is 1. The van der Waals surface area contributed by atoms with Gasteiger partial charge in [-0.05, 0) is 63.0 Å². The van der Waals surface area contributed by atoms with E-state index in [9.17, 15) is 0 Å². The Bertz CT molecular complexity index is 375. The summed E-state index contributed by atoms with van der Waals surface area (Å²) in [6.07, 6.45) is 3.79. The average Bonchev–Trinajstić information content (AvgIpc) is 2.63. The molecule has 0 amide bonds. The molecule has 2 atom stereocenters. The molecule has 0 saturated heterocycles. The summed E-state index contributed by atoms with van der Waals surface area (Å²) in [4.78, 5) is 0. The first-order valence-corrected chi connectivity index (χ1v) is 8.54. The van der Waals surface area contributed by atoms with Gasteiger partial charge in [0.25, 0.3) is 0 Å². The van der Waals surface area contributed by atoms with Gasteiger partial charge in [-0.2, -0.15) is 0 Å². The van der Waals surface area contributed by atoms with Crippen molar-refractivity contribution in [2.24, 2.45) is 11.5 Å². The fraction of sp³-hybridized carbons (Fsp3) is 0.667. The summed E-state index contributed by atoms with van der Waals surface area (Å²) in [6.45, 7) is 2.36. The molecule has 0 heterocycles. The minimum Gasteiger partial charge on any atom is -0.491 e. The number of ether oxygens (including phenoxy) is 4. The van der Waals surface area contributed by atoms with Crippen LogP contribution in [-0.4, -0.2) is 52.7 Å². The molecule has 0 spiro atoms. The number of hydrogen-bond donors (Lipinski definition) is 2. The topological polar surface area (TPSA) is 89.0 Å². The quantitative estimate of drug-likeness (QED) is 0.538. The maximum Gasteiger partial charge on any atom is 0.119 e. The van der Waals surface area contributed by atoms with Gasteiger partial charge in [0.2, 0.25) is 0 Å². The summed E-state index contributed by atoms with van der Waals surface area (Å²) in [5.41, 5.74) is 11.0. The Hall–Kier alpha value is -1.34. The van der Waals surface area contributed by atoms with Crippen LogP contribution in [0.3, 0.4) is 0 Å². The second-order valence-electron chi connectivity index (χ2n) is 5.67. The van der Waals surface area contributed by atoms with Crippen LogP contribution < -0.4 is 20.9 Å². The van der Waals surface area contributed by atoms with E-state index in [4.69, 9.17) is 30.4 Å². The van der Waals surface area contributed by atoms with Gasteiger partial charge in [0.05, 0.1) is 12.2 Å². The molecule has 1 rings (SSSR count). The Morgan fingerprint density at radius 2 is 1.12 bits per heavy atom. The van der Waals surface area contributed by atoms with Crippen LogP contribution >= 0.6 is 0 Å². The van der Waals surface area contributed by atoms with Crippen molar-refractivity contribution in [3.8, 4) is 11.5 Å². The molecular formula is C18H32N2O4. The number of hydrogen-bond acceptors (Lipinski definition) is 6. The molecule has 6 nitrogen and oxygen atoms in total. The van der Waals surface area contributed by atoms with Crippen LogP contribution in [0.1, 0.15) is 25.7 Å². The number of rotatable bonds is 14. The van der Waals surface area contributed by atoms with Gasteiger partial charge in [0.15, 0.2) is 0 Å². The molecule has 0 saturated carbocycles. The third kappa shape index (κ3) is 8.49. The maximum absolute atomic E-state index is 5.75. The van der Waals surface area contributed by atoms with Crippen molar-refractivity contribution in [1.29, 1.82) is 0 Å². The molecule has 0 fully saturated rings. The number of nitrogens with two attached hydrogens (primary N) is 2. The smallest absolute Gasteiger partial charge is 0.119 e. The van der Waals surface area contributed by atoms with Gasteiger partial charge in [-0.25, -0.2) is 0 Å². The van der Waals surface area contributed by atoms with Crippen molar-refractivity contribution in [2.45, 2.75) is 37.9 Å². The highest BCUT2D eigenvalue weighted by molar-refractivity contribution is 5.31. The van der Waals surface area contributed by atoms with E-state index < -0.39 is 0 Å². The number of methoxy groups -OCH3 is 2. The van der Waals surface area contributed by atoms with Crippen LogP contribution in [0.15, 0.2) is 24.3 Å². The van der Waals surface area contributed by atoms with Gasteiger partial charge in [0, 0.05) is 14.2 Å². The van der Waals surface area contributed by atoms with E-state index in [1.165, 1.54) is 0 Å². The molecular weight excluding hydrogens is 308 g/mol. The fourth-order valence-corrected chi connectivity index (χ4v) is 2.24. The molecule has 24 heavy (non-hydrogen) atoms. The molecule has 6 heteroatoms. The predicted molar refractivity (Wildman–Crippen MR) is 95.6 cm³/mol. The molecule has 0 radical (unpaired) electrons. The van der Waals surface area contributed by atoms with Crippen LogP contribution in [0.4, 0.5) is 0 Å². The monoisotopic (exact) mass is 340 g/mol. The molecule has 0 aromatic heterocycles. The molecule has 1 aromatic carbocycles. The first-order valence-electron chi connectivity index (χ1n) is 8.54. The Labute approximate surface area is 145 Å². The summed E-state index contributed by atoms with van der Waals surface area (Å²) >= 11 is 0. The third-order valence-corrected chi connectivity index (χ3v) is 3.82. The van der Waals surface area contributed by atoms with Crippen LogP contribution in [-0.2, 0) is 9.47 Å². The summed E-state index contributed by atoms with van der Waals surface area (Å²) in [6, 6.07) is 7.58. The first-order chi connectivity index (χ1) is 11.7. The minimum atomic E-state index is 0.0643. The van der Waals surface area contributed by atoms with Gasteiger partial charge < -0.3 is 30.4 Å². The zero-order valence-corrected chi connectivity index (χ0v) is 14.9. The lowest BCUT2D eigenvalue weighted by molar-refractivity contribution is 0.0499. The van der Waals surface area contributed by atoms with Gasteiger partial charge in [-0.1, -0.05) is 0 Å². The Balaban J connectivity index is 2.36. The summed E-state index contributed by atoms with van der Waals surface area (Å²) in [5.74, 6) is 1.59. The van der Waals surface area contributed by atoms with Gasteiger partial charge in [-0.3, -0.25) is 0 Å². The van der Waals surface area contributed by atoms with Crippen molar-refractivity contribution in [3.05, 3.63) is 24.3 Å². The molecule has 4 N–H and O–H groups in total. The van der Waals surface area contributed by atoms with E-state index in [0.717, 1.165) is 37.2 Å². The van der Waals surface area contributed by atoms with Crippen LogP contribution in [0.5, 0.6) is 11.5 Å². The molecule has 0 aliphatic carbocycles. The Morgan fingerprint density at radius 3 is 1.42 bits per heavy atom. The molecule has 2 unspecified atom stereocenters. The summed E-state index contributed by atoms with van der Waals surface area (Å²) in [7, 11) is 3.39. The van der Waals surface area contributed by atoms with E-state index in [0.29, 0.717) is 26.3 Å². The highest BCUT2D eigenvalue weighted by atomic mass is 16.5. The van der Waals surface area contributed by atoms with Crippen molar-refractivity contribution in [3.63, 3.8) is 0 Å². The van der Waals surface area contributed by atoms with Crippen molar-refractivity contribution >= 4 is 0 Å². The second kappa shape index (κ2) is 13.0. The zero-order chi connectivity index (χ0) is 17.6. The van der Waals surface area contributed by atoms with E-state index in [1.54, 1.807) is 14.2 Å². The van der Waals surface area contributed by atoms with Crippen LogP contribution in [0, 0.1) is 0 Å². The van der Waals surface area contributed by atoms with E-state index >= 15 is 0 Å². The average molecular weight is 340 g/mol. The highest BCUT2D eigenvalue weighted by Gasteiger charge is 2.09. The lowest BCUT2D eigenvalue weighted by atomic mass is 10.2. The molecule has 138 valence electrons. The van der Waals surface area contributed by atoms with Crippen molar-refractivity contribution < 1.29 is 18.9 Å². The van der Waals surface area contributed by atoms with E-state index in [1.807, 2.05) is 24.3 Å². The second-order valence-corrected chi connectivity index (χ2v) is 5.67. The molecule has 1 aromatic rings. The SMILES string of the molecule is COC(CCCN)COc1ccc(OCC(CCCN)OC)cc1. The maximum atomic E-state index is 5.75. The standard InChI is InChI=1S/C18H32N2O4/c1-21-17(5-3-11-19)13-23-15-7-9-16(10-8-15)24-14-18(22-2)6-4-12-20/h7-10,17-18H,3-6,11-14,19-20H2,1-2H3. The van der Waals surface area contributed by atoms with E-state index in [2.05, 4.69) is 0 Å². The normalized spacial score (nSPS) is 13.5. The third-order valence-electron chi connectivity index (χ3n) is 3.82. The van der Waals surface area contributed by atoms with Crippen molar-refractivity contribution in [2.75, 3.05) is 40.5 Å². The van der Waals surface area contributed by atoms with Gasteiger partial charge >= 0.3 is 0 Å². The van der Waals surface area contributed by atoms with Crippen LogP contribution in [0.25, 0.3) is 0 Å². The van der Waals surface area contributed by atoms with Crippen LogP contribution in [0.2, 0.25) is 0 Å². The van der Waals surface area contributed by atoms with E-state index in [-0.39, 0.29) is 12.2 Å². The largest absolute Gasteiger partial charge is 0.491 e. The Kier molecular flexibility index (Phi) is 11.2. The van der Waals surface area contributed by atoms with Crippen molar-refractivity contribution in [1.82, 2.24) is 0 Å². The molecule has 0 aliphatic heterocycles. The zero-order valence-electron chi connectivity index (χ0n) is 14.9. The lowest BCUT2D eigenvalue weighted by Gasteiger charge is -2.17. The first kappa shape index (κ1) is 20.7. The van der Waals surface area contributed by atoms with Gasteiger partial charge in [-0.15, -0.1) is 0 Å². The summed E-state index contributed by atoms with van der Waals surface area (Å²) in [5, 5.41) is 0. The fourth-order valence-electron chi connectivity index (χ4n) is 2.24. The Morgan fingerprint density at radius 1 is 0.750 bits per heavy atom. The summed E-state index contributed by atoms with van der Waals surface area (Å²) < 4.78 is 22.3. The molecule has 0 bridgehead atoms. The highest BCUT2D eigenvalue weighted by Crippen LogP contribution is 2.19. The minimum absolute atomic E-state index is 0.0643. The predicted octanol–water partition coefficient (Wildman–Crippen LogP) is 1.95. The molecule has 0 aliphatic rings. The van der Waals surface area contributed by atoms with Gasteiger partial charge in [0.1, 0.15) is 24.7 Å². The lowest BCUT2D eigenvalue weighted by Crippen LogP contribution is -2.21.